The van der Waals surface area contributed by atoms with Crippen LogP contribution < -0.4 is 5.32 Å². The summed E-state index contributed by atoms with van der Waals surface area (Å²) in [6.45, 7) is 0. The summed E-state index contributed by atoms with van der Waals surface area (Å²) in [5.74, 6) is -0.250. The lowest BCUT2D eigenvalue weighted by atomic mass is 10.1. The summed E-state index contributed by atoms with van der Waals surface area (Å²) in [4.78, 5) is 12.3. The number of nitriles is 1. The van der Waals surface area contributed by atoms with Crippen LogP contribution in [0.2, 0.25) is 0 Å². The Bertz CT molecular complexity index is 709. The van der Waals surface area contributed by atoms with E-state index in [0.717, 1.165) is 0 Å². The maximum absolute atomic E-state index is 12.3. The van der Waals surface area contributed by atoms with E-state index in [0.29, 0.717) is 11.4 Å². The van der Waals surface area contributed by atoms with E-state index in [-0.39, 0.29) is 11.3 Å². The van der Waals surface area contributed by atoms with Gasteiger partial charge in [0.2, 0.25) is 0 Å². The molecule has 0 atom stereocenters. The Balaban J connectivity index is 2.37. The molecule has 1 aromatic carbocycles. The maximum atomic E-state index is 12.3. The lowest BCUT2D eigenvalue weighted by Gasteiger charge is -2.11. The number of anilines is 1. The number of para-hydroxylation sites is 1. The number of methoxy groups -OCH3 is 1. The second-order valence-electron chi connectivity index (χ2n) is 4.34. The largest absolute Gasteiger partial charge is 0.493 e. The fourth-order valence-electron chi connectivity index (χ4n) is 1.95. The van der Waals surface area contributed by atoms with Gasteiger partial charge in [0.1, 0.15) is 6.07 Å². The SMILES string of the molecule is CO/C(=C(\C#N)C(=O)Nc1ccccc1)c1cccn1C. The van der Waals surface area contributed by atoms with E-state index in [1.807, 2.05) is 31.4 Å². The average Bonchev–Trinajstić information content (AvgIpc) is 2.91. The van der Waals surface area contributed by atoms with Crippen LogP contribution in [0.25, 0.3) is 5.76 Å². The number of rotatable bonds is 4. The molecule has 1 N–H and O–H groups in total. The molecule has 5 heteroatoms. The van der Waals surface area contributed by atoms with Crippen LogP contribution in [0.4, 0.5) is 5.69 Å². The van der Waals surface area contributed by atoms with Crippen molar-refractivity contribution in [2.24, 2.45) is 7.05 Å². The van der Waals surface area contributed by atoms with Crippen LogP contribution in [0.5, 0.6) is 0 Å². The van der Waals surface area contributed by atoms with Crippen LogP contribution in [0.1, 0.15) is 5.69 Å². The smallest absolute Gasteiger partial charge is 0.270 e. The number of carbonyl (C=O) groups is 1. The molecule has 2 aromatic rings. The molecule has 1 amide bonds. The molecule has 5 nitrogen and oxygen atoms in total. The Labute approximate surface area is 123 Å². The highest BCUT2D eigenvalue weighted by molar-refractivity contribution is 6.10. The van der Waals surface area contributed by atoms with Crippen molar-refractivity contribution in [2.75, 3.05) is 12.4 Å². The Morgan fingerprint density at radius 2 is 1.95 bits per heavy atom. The van der Waals surface area contributed by atoms with Gasteiger partial charge in [0.25, 0.3) is 5.91 Å². The third-order valence-electron chi connectivity index (χ3n) is 2.98. The first kappa shape index (κ1) is 14.4. The van der Waals surface area contributed by atoms with Crippen molar-refractivity contribution in [3.05, 3.63) is 59.9 Å². The highest BCUT2D eigenvalue weighted by atomic mass is 16.5. The predicted molar refractivity (Wildman–Crippen MR) is 80.0 cm³/mol. The van der Waals surface area contributed by atoms with Crippen molar-refractivity contribution >= 4 is 17.4 Å². The molecule has 1 heterocycles. The summed E-state index contributed by atoms with van der Waals surface area (Å²) in [6.07, 6.45) is 1.82. The third-order valence-corrected chi connectivity index (χ3v) is 2.98. The van der Waals surface area contributed by atoms with Gasteiger partial charge in [-0.3, -0.25) is 4.79 Å². The Morgan fingerprint density at radius 3 is 2.48 bits per heavy atom. The molecule has 0 aliphatic carbocycles. The Hall–Kier alpha value is -3.00. The van der Waals surface area contributed by atoms with Gasteiger partial charge in [0, 0.05) is 18.9 Å². The molecule has 0 saturated carbocycles. The van der Waals surface area contributed by atoms with E-state index < -0.39 is 5.91 Å². The molecule has 0 aliphatic rings. The standard InChI is InChI=1S/C16H15N3O2/c1-19-10-6-9-14(19)15(21-2)13(11-17)16(20)18-12-7-4-3-5-8-12/h3-10H,1-2H3,(H,18,20)/b15-13+. The summed E-state index contributed by atoms with van der Waals surface area (Å²) < 4.78 is 7.05. The highest BCUT2D eigenvalue weighted by Crippen LogP contribution is 2.20. The van der Waals surface area contributed by atoms with Crippen LogP contribution in [-0.2, 0) is 16.6 Å². The molecule has 0 unspecified atom stereocenters. The minimum Gasteiger partial charge on any atom is -0.493 e. The van der Waals surface area contributed by atoms with Crippen LogP contribution >= 0.6 is 0 Å². The van der Waals surface area contributed by atoms with Crippen LogP contribution in [-0.4, -0.2) is 17.6 Å². The van der Waals surface area contributed by atoms with E-state index in [9.17, 15) is 10.1 Å². The van der Waals surface area contributed by atoms with Crippen molar-refractivity contribution in [1.29, 1.82) is 5.26 Å². The zero-order valence-corrected chi connectivity index (χ0v) is 11.8. The lowest BCUT2D eigenvalue weighted by molar-refractivity contribution is -0.112. The summed E-state index contributed by atoms with van der Waals surface area (Å²) >= 11 is 0. The van der Waals surface area contributed by atoms with E-state index in [4.69, 9.17) is 4.74 Å². The van der Waals surface area contributed by atoms with Crippen LogP contribution in [0.3, 0.4) is 0 Å². The normalized spacial score (nSPS) is 11.3. The molecular weight excluding hydrogens is 266 g/mol. The number of nitrogens with one attached hydrogen (secondary N) is 1. The highest BCUT2D eigenvalue weighted by Gasteiger charge is 2.19. The molecular formula is C16H15N3O2. The predicted octanol–water partition coefficient (Wildman–Crippen LogP) is 2.54. The summed E-state index contributed by atoms with van der Waals surface area (Å²) in [6, 6.07) is 14.5. The molecule has 0 spiro atoms. The maximum Gasteiger partial charge on any atom is 0.270 e. The molecule has 21 heavy (non-hydrogen) atoms. The van der Waals surface area contributed by atoms with Crippen LogP contribution in [0, 0.1) is 11.3 Å². The fraction of sp³-hybridized carbons (Fsp3) is 0.125. The second kappa shape index (κ2) is 6.44. The topological polar surface area (TPSA) is 67.0 Å². The third kappa shape index (κ3) is 3.12. The molecule has 2 rings (SSSR count). The number of hydrogen-bond donors (Lipinski definition) is 1. The van der Waals surface area contributed by atoms with Gasteiger partial charge in [-0.05, 0) is 24.3 Å². The first-order chi connectivity index (χ1) is 10.2. The number of ether oxygens (including phenoxy) is 1. The monoisotopic (exact) mass is 281 g/mol. The number of hydrogen-bond acceptors (Lipinski definition) is 3. The van der Waals surface area contributed by atoms with Crippen molar-refractivity contribution in [2.45, 2.75) is 0 Å². The van der Waals surface area contributed by atoms with E-state index >= 15 is 0 Å². The first-order valence-electron chi connectivity index (χ1n) is 6.34. The van der Waals surface area contributed by atoms with Gasteiger partial charge < -0.3 is 14.6 Å². The zero-order valence-electron chi connectivity index (χ0n) is 11.8. The molecule has 0 aliphatic heterocycles. The number of aromatic nitrogens is 1. The van der Waals surface area contributed by atoms with Crippen molar-refractivity contribution in [1.82, 2.24) is 4.57 Å². The van der Waals surface area contributed by atoms with Gasteiger partial charge in [0.05, 0.1) is 12.8 Å². The molecule has 0 bridgehead atoms. The van der Waals surface area contributed by atoms with Gasteiger partial charge in [-0.15, -0.1) is 0 Å². The van der Waals surface area contributed by atoms with Gasteiger partial charge in [-0.25, -0.2) is 0 Å². The second-order valence-corrected chi connectivity index (χ2v) is 4.34. The van der Waals surface area contributed by atoms with Gasteiger partial charge in [-0.2, -0.15) is 5.26 Å². The zero-order chi connectivity index (χ0) is 15.2. The molecule has 0 fully saturated rings. The molecule has 0 saturated heterocycles. The quantitative estimate of drug-likeness (QED) is 0.532. The Morgan fingerprint density at radius 1 is 1.24 bits per heavy atom. The minimum absolute atomic E-state index is 0.0665. The molecule has 0 radical (unpaired) electrons. The average molecular weight is 281 g/mol. The van der Waals surface area contributed by atoms with E-state index in [2.05, 4.69) is 5.32 Å². The Kier molecular flexibility index (Phi) is 4.42. The summed E-state index contributed by atoms with van der Waals surface area (Å²) in [7, 11) is 3.26. The van der Waals surface area contributed by atoms with Gasteiger partial charge >= 0.3 is 0 Å². The van der Waals surface area contributed by atoms with Crippen LogP contribution in [0.15, 0.2) is 54.2 Å². The summed E-state index contributed by atoms with van der Waals surface area (Å²) in [5, 5.41) is 12.0. The first-order valence-corrected chi connectivity index (χ1v) is 6.34. The molecule has 1 aromatic heterocycles. The molecule has 106 valence electrons. The number of amides is 1. The number of carbonyl (C=O) groups excluding carboxylic acids is 1. The van der Waals surface area contributed by atoms with Crippen molar-refractivity contribution in [3.63, 3.8) is 0 Å². The number of nitrogens with zero attached hydrogens (tertiary/aromatic N) is 2. The summed E-state index contributed by atoms with van der Waals surface area (Å²) in [5.41, 5.74) is 1.22. The van der Waals surface area contributed by atoms with E-state index in [1.54, 1.807) is 34.9 Å². The lowest BCUT2D eigenvalue weighted by Crippen LogP contribution is -2.16. The number of benzene rings is 1. The van der Waals surface area contributed by atoms with Crippen molar-refractivity contribution < 1.29 is 9.53 Å². The number of aryl methyl sites for hydroxylation is 1. The van der Waals surface area contributed by atoms with Gasteiger partial charge in [0.15, 0.2) is 11.3 Å². The van der Waals surface area contributed by atoms with Crippen molar-refractivity contribution in [3.8, 4) is 6.07 Å². The van der Waals surface area contributed by atoms with Gasteiger partial charge in [-0.1, -0.05) is 18.2 Å². The fourth-order valence-corrected chi connectivity index (χ4v) is 1.95. The minimum atomic E-state index is -0.498. The van der Waals surface area contributed by atoms with E-state index in [1.165, 1.54) is 7.11 Å².